The standard InChI is InChI=1S/C20H32O3/c1-17(2)7-6-16(22)18(3)14(17)5-9-19-8-4-13(10-15(18)19)20(23,11-19)12-21/h4,8,13-16,21-23H,5-7,9-12H2,1-3H3/t13-,14+,15-,16-,18+,19+,20+/m0/s1. The van der Waals surface area contributed by atoms with Crippen LogP contribution in [0.5, 0.6) is 0 Å². The molecular formula is C20H32O3. The van der Waals surface area contributed by atoms with E-state index in [1.165, 1.54) is 0 Å². The number of rotatable bonds is 1. The van der Waals surface area contributed by atoms with Crippen LogP contribution in [0.4, 0.5) is 0 Å². The van der Waals surface area contributed by atoms with E-state index < -0.39 is 5.60 Å². The number of aliphatic hydroxyl groups is 3. The summed E-state index contributed by atoms with van der Waals surface area (Å²) in [4.78, 5) is 0. The molecule has 5 aliphatic carbocycles. The van der Waals surface area contributed by atoms with E-state index in [0.29, 0.717) is 18.3 Å². The molecule has 130 valence electrons. The smallest absolute Gasteiger partial charge is 0.0947 e. The highest BCUT2D eigenvalue weighted by molar-refractivity contribution is 5.26. The van der Waals surface area contributed by atoms with E-state index in [1.807, 2.05) is 0 Å². The van der Waals surface area contributed by atoms with E-state index in [-0.39, 0.29) is 34.9 Å². The third kappa shape index (κ3) is 1.88. The van der Waals surface area contributed by atoms with Crippen LogP contribution in [-0.2, 0) is 0 Å². The first-order valence-corrected chi connectivity index (χ1v) is 9.39. The number of hydrogen-bond donors (Lipinski definition) is 3. The molecular weight excluding hydrogens is 288 g/mol. The van der Waals surface area contributed by atoms with Gasteiger partial charge in [0.15, 0.2) is 0 Å². The lowest BCUT2D eigenvalue weighted by atomic mass is 9.37. The molecule has 0 aromatic carbocycles. The van der Waals surface area contributed by atoms with Crippen LogP contribution < -0.4 is 0 Å². The second-order valence-electron chi connectivity index (χ2n) is 9.93. The maximum atomic E-state index is 11.0. The van der Waals surface area contributed by atoms with Crippen molar-refractivity contribution in [2.75, 3.05) is 6.61 Å². The minimum Gasteiger partial charge on any atom is -0.393 e. The SMILES string of the molecule is CC1(C)CC[C@H](O)[C@]2(C)[C@@H]1CC[C@@]13C=C[C@@H](C[C@H]12)[C@](O)(CO)C3. The molecule has 0 unspecified atom stereocenters. The Labute approximate surface area is 139 Å². The van der Waals surface area contributed by atoms with Gasteiger partial charge in [-0.3, -0.25) is 0 Å². The molecule has 3 heteroatoms. The van der Waals surface area contributed by atoms with Crippen molar-refractivity contribution in [3.8, 4) is 0 Å². The van der Waals surface area contributed by atoms with Crippen LogP contribution in [0.25, 0.3) is 0 Å². The Morgan fingerprint density at radius 3 is 2.52 bits per heavy atom. The van der Waals surface area contributed by atoms with Crippen LogP contribution in [0.15, 0.2) is 12.2 Å². The topological polar surface area (TPSA) is 60.7 Å². The molecule has 3 N–H and O–H groups in total. The van der Waals surface area contributed by atoms with E-state index in [2.05, 4.69) is 32.9 Å². The molecule has 0 amide bonds. The van der Waals surface area contributed by atoms with Gasteiger partial charge in [-0.25, -0.2) is 0 Å². The molecule has 2 bridgehead atoms. The molecule has 7 atom stereocenters. The summed E-state index contributed by atoms with van der Waals surface area (Å²) in [5.74, 6) is 1.00. The highest BCUT2D eigenvalue weighted by Gasteiger charge is 2.67. The summed E-state index contributed by atoms with van der Waals surface area (Å²) < 4.78 is 0. The predicted octanol–water partition coefficient (Wildman–Crippen LogP) is 2.89. The minimum atomic E-state index is -0.955. The summed E-state index contributed by atoms with van der Waals surface area (Å²) in [7, 11) is 0. The maximum Gasteiger partial charge on any atom is 0.0947 e. The van der Waals surface area contributed by atoms with Gasteiger partial charge in [0.25, 0.3) is 0 Å². The highest BCUT2D eigenvalue weighted by atomic mass is 16.3. The Hall–Kier alpha value is -0.380. The molecule has 3 fully saturated rings. The molecule has 0 aromatic rings. The van der Waals surface area contributed by atoms with Crippen molar-refractivity contribution in [3.63, 3.8) is 0 Å². The maximum absolute atomic E-state index is 11.0. The van der Waals surface area contributed by atoms with Crippen molar-refractivity contribution < 1.29 is 15.3 Å². The molecule has 3 nitrogen and oxygen atoms in total. The van der Waals surface area contributed by atoms with Crippen LogP contribution in [-0.4, -0.2) is 33.6 Å². The summed E-state index contributed by atoms with van der Waals surface area (Å²) in [5, 5.41) is 31.7. The summed E-state index contributed by atoms with van der Waals surface area (Å²) >= 11 is 0. The lowest BCUT2D eigenvalue weighted by molar-refractivity contribution is -0.230. The van der Waals surface area contributed by atoms with Crippen LogP contribution >= 0.6 is 0 Å². The summed E-state index contributed by atoms with van der Waals surface area (Å²) in [6.07, 6.45) is 10.0. The molecule has 23 heavy (non-hydrogen) atoms. The molecule has 5 aliphatic rings. The Kier molecular flexibility index (Phi) is 3.23. The van der Waals surface area contributed by atoms with Crippen molar-refractivity contribution in [3.05, 3.63) is 12.2 Å². The first kappa shape index (κ1) is 16.1. The minimum absolute atomic E-state index is 0.0344. The van der Waals surface area contributed by atoms with Crippen molar-refractivity contribution in [2.45, 2.75) is 71.0 Å². The summed E-state index contributed by atoms with van der Waals surface area (Å²) in [6, 6.07) is 0. The Morgan fingerprint density at radius 2 is 1.83 bits per heavy atom. The number of aliphatic hydroxyl groups excluding tert-OH is 2. The monoisotopic (exact) mass is 320 g/mol. The quantitative estimate of drug-likeness (QED) is 0.651. The van der Waals surface area contributed by atoms with Gasteiger partial charge in [-0.15, -0.1) is 0 Å². The van der Waals surface area contributed by atoms with E-state index in [1.54, 1.807) is 0 Å². The zero-order valence-corrected chi connectivity index (χ0v) is 14.8. The molecule has 0 aliphatic heterocycles. The van der Waals surface area contributed by atoms with Gasteiger partial charge in [-0.2, -0.15) is 0 Å². The second-order valence-corrected chi connectivity index (χ2v) is 9.93. The third-order valence-electron chi connectivity index (χ3n) is 8.57. The van der Waals surface area contributed by atoms with Gasteiger partial charge in [0, 0.05) is 11.3 Å². The lowest BCUT2D eigenvalue weighted by Gasteiger charge is -2.69. The van der Waals surface area contributed by atoms with Crippen molar-refractivity contribution in [1.29, 1.82) is 0 Å². The van der Waals surface area contributed by atoms with E-state index in [9.17, 15) is 15.3 Å². The number of hydrogen-bond acceptors (Lipinski definition) is 3. The molecule has 1 spiro atoms. The summed E-state index contributed by atoms with van der Waals surface area (Å²) in [5.41, 5.74) is -0.779. The van der Waals surface area contributed by atoms with Crippen LogP contribution in [0.2, 0.25) is 0 Å². The van der Waals surface area contributed by atoms with Gasteiger partial charge in [-0.1, -0.05) is 32.9 Å². The largest absolute Gasteiger partial charge is 0.393 e. The fourth-order valence-electron chi connectivity index (χ4n) is 7.32. The fraction of sp³-hybridized carbons (Fsp3) is 0.900. The van der Waals surface area contributed by atoms with Crippen LogP contribution in [0.3, 0.4) is 0 Å². The number of fused-ring (bicyclic) bond motifs is 2. The molecule has 0 saturated heterocycles. The lowest BCUT2D eigenvalue weighted by Crippen LogP contribution is -2.66. The van der Waals surface area contributed by atoms with E-state index in [0.717, 1.165) is 32.1 Å². The van der Waals surface area contributed by atoms with Crippen molar-refractivity contribution >= 4 is 0 Å². The average molecular weight is 320 g/mol. The highest BCUT2D eigenvalue weighted by Crippen LogP contribution is 2.70. The Bertz CT molecular complexity index is 541. The fourth-order valence-corrected chi connectivity index (χ4v) is 7.32. The normalized spacial score (nSPS) is 57.0. The molecule has 0 radical (unpaired) electrons. The van der Waals surface area contributed by atoms with Gasteiger partial charge in [0.2, 0.25) is 0 Å². The molecule has 0 heterocycles. The first-order valence-electron chi connectivity index (χ1n) is 9.39. The third-order valence-corrected chi connectivity index (χ3v) is 8.57. The van der Waals surface area contributed by atoms with Gasteiger partial charge >= 0.3 is 0 Å². The average Bonchev–Trinajstić information content (AvgIpc) is 2.51. The van der Waals surface area contributed by atoms with Crippen LogP contribution in [0, 0.1) is 34.0 Å². The van der Waals surface area contributed by atoms with Gasteiger partial charge in [-0.05, 0) is 61.2 Å². The summed E-state index contributed by atoms with van der Waals surface area (Å²) in [6.45, 7) is 6.92. The van der Waals surface area contributed by atoms with Crippen molar-refractivity contribution in [2.24, 2.45) is 34.0 Å². The van der Waals surface area contributed by atoms with E-state index >= 15 is 0 Å². The number of allylic oxidation sites excluding steroid dienone is 1. The van der Waals surface area contributed by atoms with Gasteiger partial charge in [0.05, 0.1) is 18.3 Å². The first-order chi connectivity index (χ1) is 10.7. The molecule has 3 saturated carbocycles. The predicted molar refractivity (Wildman–Crippen MR) is 89.7 cm³/mol. The molecule has 0 aromatic heterocycles. The zero-order chi connectivity index (χ0) is 16.7. The van der Waals surface area contributed by atoms with E-state index in [4.69, 9.17) is 0 Å². The molecule has 5 rings (SSSR count). The zero-order valence-electron chi connectivity index (χ0n) is 14.8. The van der Waals surface area contributed by atoms with Gasteiger partial charge < -0.3 is 15.3 Å². The Morgan fingerprint density at radius 1 is 1.09 bits per heavy atom. The van der Waals surface area contributed by atoms with Gasteiger partial charge in [0.1, 0.15) is 0 Å². The second kappa shape index (κ2) is 4.62. The Balaban J connectivity index is 1.78. The van der Waals surface area contributed by atoms with Crippen molar-refractivity contribution in [1.82, 2.24) is 0 Å². The van der Waals surface area contributed by atoms with Crippen LogP contribution in [0.1, 0.15) is 59.3 Å².